The van der Waals surface area contributed by atoms with Crippen LogP contribution >= 0.6 is 11.6 Å². The SMILES string of the molecule is CC(C)CNC(=O)C(CCN)c1ccccc1Cl. The van der Waals surface area contributed by atoms with Gasteiger partial charge in [0, 0.05) is 11.6 Å². The fourth-order valence-corrected chi connectivity index (χ4v) is 2.05. The van der Waals surface area contributed by atoms with Crippen molar-refractivity contribution in [1.29, 1.82) is 0 Å². The molecule has 1 amide bonds. The van der Waals surface area contributed by atoms with Crippen molar-refractivity contribution >= 4 is 17.5 Å². The lowest BCUT2D eigenvalue weighted by atomic mass is 9.94. The number of halogens is 1. The Hall–Kier alpha value is -1.06. The maximum Gasteiger partial charge on any atom is 0.227 e. The summed E-state index contributed by atoms with van der Waals surface area (Å²) in [7, 11) is 0. The highest BCUT2D eigenvalue weighted by atomic mass is 35.5. The van der Waals surface area contributed by atoms with Crippen LogP contribution in [0.2, 0.25) is 5.02 Å². The summed E-state index contributed by atoms with van der Waals surface area (Å²) in [6.07, 6.45) is 0.605. The lowest BCUT2D eigenvalue weighted by Crippen LogP contribution is -2.33. The summed E-state index contributed by atoms with van der Waals surface area (Å²) in [5.74, 6) is 0.170. The molecular weight excluding hydrogens is 248 g/mol. The van der Waals surface area contributed by atoms with Crippen molar-refractivity contribution in [2.45, 2.75) is 26.2 Å². The fourth-order valence-electron chi connectivity index (χ4n) is 1.78. The van der Waals surface area contributed by atoms with Crippen LogP contribution in [0.15, 0.2) is 24.3 Å². The van der Waals surface area contributed by atoms with Crippen LogP contribution < -0.4 is 11.1 Å². The summed E-state index contributed by atoms with van der Waals surface area (Å²) in [5.41, 5.74) is 6.44. The van der Waals surface area contributed by atoms with Crippen LogP contribution in [0.5, 0.6) is 0 Å². The van der Waals surface area contributed by atoms with Crippen LogP contribution in [0.25, 0.3) is 0 Å². The first-order valence-electron chi connectivity index (χ1n) is 6.28. The molecule has 1 aromatic rings. The van der Waals surface area contributed by atoms with Crippen LogP contribution in [0.1, 0.15) is 31.7 Å². The highest BCUT2D eigenvalue weighted by Gasteiger charge is 2.21. The van der Waals surface area contributed by atoms with E-state index in [2.05, 4.69) is 19.2 Å². The Morgan fingerprint density at radius 3 is 2.61 bits per heavy atom. The molecule has 0 aliphatic rings. The Labute approximate surface area is 114 Å². The topological polar surface area (TPSA) is 55.1 Å². The van der Waals surface area contributed by atoms with E-state index >= 15 is 0 Å². The second-order valence-electron chi connectivity index (χ2n) is 4.79. The predicted octanol–water partition coefficient (Wildman–Crippen LogP) is 2.54. The predicted molar refractivity (Wildman–Crippen MR) is 75.7 cm³/mol. The molecule has 0 aliphatic carbocycles. The minimum atomic E-state index is -0.262. The Morgan fingerprint density at radius 1 is 1.39 bits per heavy atom. The molecule has 1 aromatic carbocycles. The van der Waals surface area contributed by atoms with Crippen molar-refractivity contribution in [2.75, 3.05) is 13.1 Å². The molecule has 100 valence electrons. The van der Waals surface area contributed by atoms with Gasteiger partial charge in [0.2, 0.25) is 5.91 Å². The number of rotatable bonds is 6. The summed E-state index contributed by atoms with van der Waals surface area (Å²) < 4.78 is 0. The molecule has 1 rings (SSSR count). The van der Waals surface area contributed by atoms with Crippen molar-refractivity contribution < 1.29 is 4.79 Å². The zero-order valence-electron chi connectivity index (χ0n) is 10.9. The number of hydrogen-bond donors (Lipinski definition) is 2. The highest BCUT2D eigenvalue weighted by Crippen LogP contribution is 2.26. The molecular formula is C14H21ClN2O. The first-order valence-corrected chi connectivity index (χ1v) is 6.66. The van der Waals surface area contributed by atoms with Gasteiger partial charge in [-0.3, -0.25) is 4.79 Å². The molecule has 4 heteroatoms. The van der Waals surface area contributed by atoms with Gasteiger partial charge in [0.1, 0.15) is 0 Å². The summed E-state index contributed by atoms with van der Waals surface area (Å²) >= 11 is 6.14. The zero-order valence-corrected chi connectivity index (χ0v) is 11.7. The molecule has 0 heterocycles. The van der Waals surface area contributed by atoms with Gasteiger partial charge in [0.15, 0.2) is 0 Å². The maximum atomic E-state index is 12.2. The first-order chi connectivity index (χ1) is 8.56. The van der Waals surface area contributed by atoms with Gasteiger partial charge >= 0.3 is 0 Å². The van der Waals surface area contributed by atoms with Crippen LogP contribution in [-0.2, 0) is 4.79 Å². The molecule has 18 heavy (non-hydrogen) atoms. The Balaban J connectivity index is 2.82. The van der Waals surface area contributed by atoms with Crippen molar-refractivity contribution in [1.82, 2.24) is 5.32 Å². The third-order valence-corrected chi connectivity index (χ3v) is 3.08. The average molecular weight is 269 g/mol. The molecule has 0 bridgehead atoms. The number of carbonyl (C=O) groups is 1. The monoisotopic (exact) mass is 268 g/mol. The van der Waals surface area contributed by atoms with E-state index in [-0.39, 0.29) is 11.8 Å². The normalized spacial score (nSPS) is 12.5. The third-order valence-electron chi connectivity index (χ3n) is 2.74. The maximum absolute atomic E-state index is 12.2. The number of amides is 1. The quantitative estimate of drug-likeness (QED) is 0.833. The van der Waals surface area contributed by atoms with Gasteiger partial charge in [0.25, 0.3) is 0 Å². The van der Waals surface area contributed by atoms with Crippen molar-refractivity contribution in [3.8, 4) is 0 Å². The molecule has 0 fully saturated rings. The van der Waals surface area contributed by atoms with Crippen LogP contribution in [0, 0.1) is 5.92 Å². The lowest BCUT2D eigenvalue weighted by molar-refractivity contribution is -0.122. The molecule has 1 unspecified atom stereocenters. The third kappa shape index (κ3) is 4.31. The number of carbonyl (C=O) groups excluding carboxylic acids is 1. The fraction of sp³-hybridized carbons (Fsp3) is 0.500. The molecule has 0 radical (unpaired) electrons. The minimum absolute atomic E-state index is 0.00208. The van der Waals surface area contributed by atoms with Gasteiger partial charge in [-0.2, -0.15) is 0 Å². The van der Waals surface area contributed by atoms with E-state index in [1.165, 1.54) is 0 Å². The summed E-state index contributed by atoms with van der Waals surface area (Å²) in [5, 5.41) is 3.56. The zero-order chi connectivity index (χ0) is 13.5. The molecule has 1 atom stereocenters. The molecule has 3 N–H and O–H groups in total. The smallest absolute Gasteiger partial charge is 0.227 e. The Kier molecular flexibility index (Phi) is 6.16. The van der Waals surface area contributed by atoms with E-state index in [1.54, 1.807) is 6.07 Å². The number of nitrogens with two attached hydrogens (primary N) is 1. The molecule has 0 aliphatic heterocycles. The lowest BCUT2D eigenvalue weighted by Gasteiger charge is -2.18. The van der Waals surface area contributed by atoms with Crippen molar-refractivity contribution in [3.63, 3.8) is 0 Å². The Morgan fingerprint density at radius 2 is 2.06 bits per heavy atom. The van der Waals surface area contributed by atoms with E-state index in [9.17, 15) is 4.79 Å². The van der Waals surface area contributed by atoms with Crippen LogP contribution in [-0.4, -0.2) is 19.0 Å². The van der Waals surface area contributed by atoms with Gasteiger partial charge in [-0.05, 0) is 30.5 Å². The van der Waals surface area contributed by atoms with Crippen molar-refractivity contribution in [3.05, 3.63) is 34.9 Å². The Bertz CT molecular complexity index is 393. The van der Waals surface area contributed by atoms with Gasteiger partial charge in [-0.25, -0.2) is 0 Å². The largest absolute Gasteiger partial charge is 0.355 e. The highest BCUT2D eigenvalue weighted by molar-refractivity contribution is 6.31. The van der Waals surface area contributed by atoms with Gasteiger partial charge in [-0.1, -0.05) is 43.6 Å². The standard InChI is InChI=1S/C14H21ClN2O/c1-10(2)9-17-14(18)12(7-8-16)11-5-3-4-6-13(11)15/h3-6,10,12H,7-9,16H2,1-2H3,(H,17,18). The molecule has 3 nitrogen and oxygen atoms in total. The summed E-state index contributed by atoms with van der Waals surface area (Å²) in [4.78, 5) is 12.2. The van der Waals surface area contributed by atoms with Crippen LogP contribution in [0.3, 0.4) is 0 Å². The molecule has 0 aromatic heterocycles. The number of nitrogens with one attached hydrogen (secondary N) is 1. The van der Waals surface area contributed by atoms with E-state index in [0.717, 1.165) is 5.56 Å². The second-order valence-corrected chi connectivity index (χ2v) is 5.20. The molecule has 0 spiro atoms. The van der Waals surface area contributed by atoms with Crippen molar-refractivity contribution in [2.24, 2.45) is 11.7 Å². The summed E-state index contributed by atoms with van der Waals surface area (Å²) in [6, 6.07) is 7.44. The van der Waals surface area contributed by atoms with Gasteiger partial charge in [-0.15, -0.1) is 0 Å². The van der Waals surface area contributed by atoms with E-state index < -0.39 is 0 Å². The number of hydrogen-bond acceptors (Lipinski definition) is 2. The molecule has 0 saturated carbocycles. The first kappa shape index (κ1) is 15.0. The average Bonchev–Trinajstić information content (AvgIpc) is 2.34. The van der Waals surface area contributed by atoms with E-state index in [4.69, 9.17) is 17.3 Å². The summed E-state index contributed by atoms with van der Waals surface area (Å²) in [6.45, 7) is 5.26. The number of benzene rings is 1. The van der Waals surface area contributed by atoms with Gasteiger partial charge < -0.3 is 11.1 Å². The van der Waals surface area contributed by atoms with E-state index in [1.807, 2.05) is 18.2 Å². The molecule has 0 saturated heterocycles. The minimum Gasteiger partial charge on any atom is -0.355 e. The van der Waals surface area contributed by atoms with Gasteiger partial charge in [0.05, 0.1) is 5.92 Å². The van der Waals surface area contributed by atoms with E-state index in [0.29, 0.717) is 30.5 Å². The van der Waals surface area contributed by atoms with Crippen LogP contribution in [0.4, 0.5) is 0 Å². The second kappa shape index (κ2) is 7.39.